The van der Waals surface area contributed by atoms with E-state index in [1.54, 1.807) is 0 Å². The van der Waals surface area contributed by atoms with E-state index in [1.165, 1.54) is 38.5 Å². The molecule has 2 aliphatic carbocycles. The highest BCUT2D eigenvalue weighted by Gasteiger charge is 2.47. The molecule has 1 nitrogen and oxygen atoms in total. The van der Waals surface area contributed by atoms with E-state index < -0.39 is 5.60 Å². The van der Waals surface area contributed by atoms with Crippen molar-refractivity contribution in [2.24, 2.45) is 17.8 Å². The van der Waals surface area contributed by atoms with E-state index in [0.29, 0.717) is 5.92 Å². The zero-order valence-electron chi connectivity index (χ0n) is 9.91. The second kappa shape index (κ2) is 4.29. The summed E-state index contributed by atoms with van der Waals surface area (Å²) in [4.78, 5) is 0. The second-order valence-electron chi connectivity index (χ2n) is 5.56. The molecule has 0 spiro atoms. The van der Waals surface area contributed by atoms with E-state index >= 15 is 0 Å². The lowest BCUT2D eigenvalue weighted by molar-refractivity contribution is -0.0492. The maximum absolute atomic E-state index is 10.8. The van der Waals surface area contributed by atoms with Gasteiger partial charge in [-0.1, -0.05) is 45.1 Å². The molecule has 3 atom stereocenters. The first-order chi connectivity index (χ1) is 7.18. The highest BCUT2D eigenvalue weighted by molar-refractivity contribution is 5.03. The van der Waals surface area contributed by atoms with Crippen LogP contribution < -0.4 is 0 Å². The summed E-state index contributed by atoms with van der Waals surface area (Å²) in [6.45, 7) is 5.98. The summed E-state index contributed by atoms with van der Waals surface area (Å²) >= 11 is 0. The van der Waals surface area contributed by atoms with E-state index in [-0.39, 0.29) is 5.92 Å². The summed E-state index contributed by atoms with van der Waals surface area (Å²) < 4.78 is 0. The monoisotopic (exact) mass is 208 g/mol. The van der Waals surface area contributed by atoms with Gasteiger partial charge in [0, 0.05) is 5.92 Å². The zero-order chi connectivity index (χ0) is 10.9. The molecule has 0 unspecified atom stereocenters. The zero-order valence-corrected chi connectivity index (χ0v) is 9.91. The standard InChI is InChI=1S/C14H24O/c1-3-11(2)14(15)10-6-9-13(14)12-7-4-5-8-12/h3,11-13,15H,1,4-10H2,2H3/t11-,13-,14+/m1/s1. The molecule has 2 rings (SSSR count). The van der Waals surface area contributed by atoms with Gasteiger partial charge in [0.1, 0.15) is 0 Å². The average molecular weight is 208 g/mol. The van der Waals surface area contributed by atoms with Gasteiger partial charge >= 0.3 is 0 Å². The van der Waals surface area contributed by atoms with E-state index in [9.17, 15) is 5.11 Å². The van der Waals surface area contributed by atoms with Crippen molar-refractivity contribution >= 4 is 0 Å². The van der Waals surface area contributed by atoms with Gasteiger partial charge < -0.3 is 5.11 Å². The van der Waals surface area contributed by atoms with Gasteiger partial charge in [-0.05, 0) is 24.7 Å². The molecule has 0 aromatic heterocycles. The lowest BCUT2D eigenvalue weighted by Gasteiger charge is -2.37. The number of rotatable bonds is 3. The Balaban J connectivity index is 2.12. The average Bonchev–Trinajstić information content (AvgIpc) is 2.85. The largest absolute Gasteiger partial charge is 0.389 e. The van der Waals surface area contributed by atoms with Gasteiger partial charge in [0.2, 0.25) is 0 Å². The number of hydrogen-bond acceptors (Lipinski definition) is 1. The molecule has 0 saturated heterocycles. The van der Waals surface area contributed by atoms with Crippen LogP contribution in [0.3, 0.4) is 0 Å². The van der Waals surface area contributed by atoms with Crippen molar-refractivity contribution in [1.29, 1.82) is 0 Å². The Morgan fingerprint density at radius 3 is 2.53 bits per heavy atom. The molecular weight excluding hydrogens is 184 g/mol. The highest BCUT2D eigenvalue weighted by atomic mass is 16.3. The summed E-state index contributed by atoms with van der Waals surface area (Å²) in [5, 5.41) is 10.8. The summed E-state index contributed by atoms with van der Waals surface area (Å²) in [6.07, 6.45) is 10.8. The Morgan fingerprint density at radius 2 is 1.93 bits per heavy atom. The molecule has 15 heavy (non-hydrogen) atoms. The topological polar surface area (TPSA) is 20.2 Å². The molecule has 0 aromatic carbocycles. The maximum atomic E-state index is 10.8. The molecule has 2 fully saturated rings. The molecule has 0 bridgehead atoms. The van der Waals surface area contributed by atoms with Crippen molar-refractivity contribution in [3.63, 3.8) is 0 Å². The third-order valence-corrected chi connectivity index (χ3v) is 4.85. The van der Waals surface area contributed by atoms with Crippen LogP contribution in [0.4, 0.5) is 0 Å². The van der Waals surface area contributed by atoms with Crippen molar-refractivity contribution in [2.75, 3.05) is 0 Å². The van der Waals surface area contributed by atoms with Crippen LogP contribution >= 0.6 is 0 Å². The van der Waals surface area contributed by atoms with Crippen molar-refractivity contribution < 1.29 is 5.11 Å². The van der Waals surface area contributed by atoms with Gasteiger partial charge in [-0.15, -0.1) is 6.58 Å². The van der Waals surface area contributed by atoms with Gasteiger partial charge in [0.05, 0.1) is 5.60 Å². The molecule has 2 aliphatic rings. The van der Waals surface area contributed by atoms with Crippen LogP contribution in [0, 0.1) is 17.8 Å². The maximum Gasteiger partial charge on any atom is 0.0737 e. The Kier molecular flexibility index (Phi) is 3.20. The predicted octanol–water partition coefficient (Wildman–Crippen LogP) is 3.53. The van der Waals surface area contributed by atoms with Crippen molar-refractivity contribution in [3.05, 3.63) is 12.7 Å². The number of aliphatic hydroxyl groups is 1. The lowest BCUT2D eigenvalue weighted by Crippen LogP contribution is -2.42. The first kappa shape index (κ1) is 11.2. The smallest absolute Gasteiger partial charge is 0.0737 e. The molecule has 0 radical (unpaired) electrons. The third-order valence-electron chi connectivity index (χ3n) is 4.85. The Hall–Kier alpha value is -0.300. The van der Waals surface area contributed by atoms with Gasteiger partial charge in [0.25, 0.3) is 0 Å². The van der Waals surface area contributed by atoms with Crippen molar-refractivity contribution in [1.82, 2.24) is 0 Å². The van der Waals surface area contributed by atoms with Crippen LogP contribution in [-0.4, -0.2) is 10.7 Å². The lowest BCUT2D eigenvalue weighted by atomic mass is 9.73. The van der Waals surface area contributed by atoms with E-state index in [2.05, 4.69) is 13.5 Å². The summed E-state index contributed by atoms with van der Waals surface area (Å²) in [7, 11) is 0. The summed E-state index contributed by atoms with van der Waals surface area (Å²) in [5.41, 5.74) is -0.434. The quantitative estimate of drug-likeness (QED) is 0.703. The van der Waals surface area contributed by atoms with Crippen LogP contribution in [-0.2, 0) is 0 Å². The van der Waals surface area contributed by atoms with E-state index in [0.717, 1.165) is 12.3 Å². The molecule has 0 aromatic rings. The summed E-state index contributed by atoms with van der Waals surface area (Å²) in [5.74, 6) is 1.60. The molecule has 2 saturated carbocycles. The van der Waals surface area contributed by atoms with Gasteiger partial charge in [-0.25, -0.2) is 0 Å². The summed E-state index contributed by atoms with van der Waals surface area (Å²) in [6, 6.07) is 0. The SMILES string of the molecule is C=C[C@@H](C)[C@@]1(O)CCC[C@@H]1C1CCCC1. The first-order valence-corrected chi connectivity index (χ1v) is 6.53. The van der Waals surface area contributed by atoms with Gasteiger partial charge in [-0.3, -0.25) is 0 Å². The predicted molar refractivity (Wildman–Crippen MR) is 63.6 cm³/mol. The van der Waals surface area contributed by atoms with Crippen LogP contribution in [0.2, 0.25) is 0 Å². The fourth-order valence-electron chi connectivity index (χ4n) is 3.81. The fourth-order valence-corrected chi connectivity index (χ4v) is 3.81. The molecular formula is C14H24O. The van der Waals surface area contributed by atoms with Crippen LogP contribution in [0.1, 0.15) is 51.9 Å². The van der Waals surface area contributed by atoms with Gasteiger partial charge in [0.15, 0.2) is 0 Å². The second-order valence-corrected chi connectivity index (χ2v) is 5.56. The van der Waals surface area contributed by atoms with E-state index in [1.807, 2.05) is 6.08 Å². The number of hydrogen-bond donors (Lipinski definition) is 1. The Labute approximate surface area is 93.6 Å². The normalized spacial score (nSPS) is 39.5. The highest BCUT2D eigenvalue weighted by Crippen LogP contribution is 2.49. The Bertz CT molecular complexity index is 229. The molecule has 0 heterocycles. The van der Waals surface area contributed by atoms with Crippen LogP contribution in [0.5, 0.6) is 0 Å². The van der Waals surface area contributed by atoms with Crippen molar-refractivity contribution in [2.45, 2.75) is 57.5 Å². The van der Waals surface area contributed by atoms with Crippen LogP contribution in [0.15, 0.2) is 12.7 Å². The minimum absolute atomic E-state index is 0.255. The molecule has 1 N–H and O–H groups in total. The van der Waals surface area contributed by atoms with Crippen molar-refractivity contribution in [3.8, 4) is 0 Å². The molecule has 0 amide bonds. The van der Waals surface area contributed by atoms with Crippen LogP contribution in [0.25, 0.3) is 0 Å². The molecule has 0 aliphatic heterocycles. The Morgan fingerprint density at radius 1 is 1.27 bits per heavy atom. The minimum atomic E-state index is -0.434. The molecule has 86 valence electrons. The third kappa shape index (κ3) is 1.87. The minimum Gasteiger partial charge on any atom is -0.389 e. The fraction of sp³-hybridized carbons (Fsp3) is 0.857. The first-order valence-electron chi connectivity index (χ1n) is 6.53. The van der Waals surface area contributed by atoms with Gasteiger partial charge in [-0.2, -0.15) is 0 Å². The molecule has 1 heteroatoms. The van der Waals surface area contributed by atoms with E-state index in [4.69, 9.17) is 0 Å².